The fourth-order valence-electron chi connectivity index (χ4n) is 1.96. The number of amidine groups is 1. The smallest absolute Gasteiger partial charge is 0.271 e. The summed E-state index contributed by atoms with van der Waals surface area (Å²) in [5.41, 5.74) is -0.0756. The van der Waals surface area contributed by atoms with Crippen molar-refractivity contribution in [1.82, 2.24) is 10.2 Å². The van der Waals surface area contributed by atoms with E-state index < -0.39 is 17.3 Å². The van der Waals surface area contributed by atoms with Crippen LogP contribution in [0.2, 0.25) is 0 Å². The highest BCUT2D eigenvalue weighted by atomic mass is 32.2. The number of ether oxygens (including phenoxy) is 2. The molecule has 0 saturated carbocycles. The van der Waals surface area contributed by atoms with Gasteiger partial charge in [0.05, 0.1) is 13.2 Å². The topological polar surface area (TPSA) is 95.7 Å². The second-order valence-electron chi connectivity index (χ2n) is 6.24. The molecule has 0 radical (unpaired) electrons. The van der Waals surface area contributed by atoms with Gasteiger partial charge in [-0.3, -0.25) is 0 Å². The lowest BCUT2D eigenvalue weighted by Gasteiger charge is -2.28. The lowest BCUT2D eigenvalue weighted by atomic mass is 10.1. The second-order valence-corrected chi connectivity index (χ2v) is 7.06. The van der Waals surface area contributed by atoms with Crippen molar-refractivity contribution in [3.8, 4) is 0 Å². The molecule has 126 valence electrons. The highest BCUT2D eigenvalue weighted by Gasteiger charge is 2.28. The molecule has 0 bridgehead atoms. The number of aliphatic hydroxyl groups excluding tert-OH is 1. The molecule has 2 rings (SSSR count). The maximum absolute atomic E-state index is 11.5. The largest absolute Gasteiger partial charge is 0.472 e. The molecule has 22 heavy (non-hydrogen) atoms. The van der Waals surface area contributed by atoms with Gasteiger partial charge in [-0.05, 0) is 20.8 Å². The molecular formula is C13H24N4O4S. The summed E-state index contributed by atoms with van der Waals surface area (Å²) in [6.07, 6.45) is -0.679. The molecule has 2 atom stereocenters. The minimum absolute atomic E-state index is 0.0719. The highest BCUT2D eigenvalue weighted by Crippen LogP contribution is 2.10. The van der Waals surface area contributed by atoms with Gasteiger partial charge in [-0.25, -0.2) is 4.21 Å². The Labute approximate surface area is 133 Å². The summed E-state index contributed by atoms with van der Waals surface area (Å²) in [6.45, 7) is 9.05. The van der Waals surface area contributed by atoms with Gasteiger partial charge in [0.25, 0.3) is 17.1 Å². The van der Waals surface area contributed by atoms with E-state index in [1.54, 1.807) is 0 Å². The molecule has 0 spiro atoms. The van der Waals surface area contributed by atoms with Crippen LogP contribution in [-0.2, 0) is 20.6 Å². The van der Waals surface area contributed by atoms with Gasteiger partial charge in [-0.15, -0.1) is 8.80 Å². The van der Waals surface area contributed by atoms with E-state index in [9.17, 15) is 9.32 Å². The molecule has 8 nitrogen and oxygen atoms in total. The van der Waals surface area contributed by atoms with Gasteiger partial charge in [0, 0.05) is 25.2 Å². The summed E-state index contributed by atoms with van der Waals surface area (Å²) in [7, 11) is 0. The summed E-state index contributed by atoms with van der Waals surface area (Å²) in [5.74, 6) is 0.715. The second kappa shape index (κ2) is 7.49. The normalized spacial score (nSPS) is 24.0. The summed E-state index contributed by atoms with van der Waals surface area (Å²) in [5, 5.41) is 13.1. The summed E-state index contributed by atoms with van der Waals surface area (Å²) < 4.78 is 30.2. The molecule has 2 aliphatic rings. The van der Waals surface area contributed by atoms with Crippen LogP contribution in [0, 0.1) is 0 Å². The molecular weight excluding hydrogens is 308 g/mol. The fraction of sp³-hybridized carbons (Fsp3) is 0.846. The molecule has 1 unspecified atom stereocenters. The summed E-state index contributed by atoms with van der Waals surface area (Å²) >= 11 is -1.65. The Hall–Kier alpha value is -1.03. The first-order chi connectivity index (χ1) is 10.3. The van der Waals surface area contributed by atoms with E-state index >= 15 is 0 Å². The van der Waals surface area contributed by atoms with Crippen molar-refractivity contribution >= 4 is 22.9 Å². The van der Waals surface area contributed by atoms with Crippen LogP contribution in [0.5, 0.6) is 0 Å². The number of morpholine rings is 1. The van der Waals surface area contributed by atoms with E-state index in [1.165, 1.54) is 0 Å². The fourth-order valence-corrected chi connectivity index (χ4v) is 2.62. The lowest BCUT2D eigenvalue weighted by Crippen LogP contribution is -2.45. The standard InChI is InChI=1S/C13H24N4O4S/c1-13(2,3)14-8-10(18)9-21-12-11(15-22(19)16-12)17-4-6-20-7-5-17/h10,14,18H,4-9H2,1-3H3/t10-,22?/m1/s1. The maximum atomic E-state index is 11.5. The third kappa shape index (κ3) is 5.31. The third-order valence-corrected chi connectivity index (χ3v) is 3.76. The number of rotatable bonds is 4. The molecule has 0 aromatic heterocycles. The van der Waals surface area contributed by atoms with E-state index in [1.807, 2.05) is 25.7 Å². The molecule has 0 amide bonds. The zero-order chi connectivity index (χ0) is 16.2. The molecule has 9 heteroatoms. The first kappa shape index (κ1) is 17.3. The van der Waals surface area contributed by atoms with Gasteiger partial charge in [-0.1, -0.05) is 0 Å². The van der Waals surface area contributed by atoms with Gasteiger partial charge in [0.15, 0.2) is 0 Å². The predicted octanol–water partition coefficient (Wildman–Crippen LogP) is -0.526. The van der Waals surface area contributed by atoms with Crippen LogP contribution in [0.25, 0.3) is 0 Å². The number of β-amino-alcohol motifs (C(OH)–C–C–N with tert-alkyl or cyclic N) is 1. The molecule has 2 heterocycles. The van der Waals surface area contributed by atoms with Crippen molar-refractivity contribution in [3.05, 3.63) is 0 Å². The number of nitrogens with one attached hydrogen (secondary N) is 1. The van der Waals surface area contributed by atoms with E-state index in [0.29, 0.717) is 38.7 Å². The number of hydrogen-bond donors (Lipinski definition) is 2. The minimum atomic E-state index is -1.65. The SMILES string of the molecule is CC(C)(C)NC[C@@H](O)COC1=NS(=O)N=C1N1CCOCC1. The zero-order valence-corrected chi connectivity index (χ0v) is 14.1. The molecule has 1 saturated heterocycles. The Morgan fingerprint density at radius 2 is 2.09 bits per heavy atom. The van der Waals surface area contributed by atoms with Crippen molar-refractivity contribution in [1.29, 1.82) is 0 Å². The van der Waals surface area contributed by atoms with Gasteiger partial charge in [-0.2, -0.15) is 0 Å². The third-order valence-electron chi connectivity index (χ3n) is 3.11. The van der Waals surface area contributed by atoms with Gasteiger partial charge < -0.3 is 24.8 Å². The van der Waals surface area contributed by atoms with Gasteiger partial charge >= 0.3 is 0 Å². The Balaban J connectivity index is 1.84. The van der Waals surface area contributed by atoms with Crippen molar-refractivity contribution in [2.75, 3.05) is 39.5 Å². The lowest BCUT2D eigenvalue weighted by molar-refractivity contribution is 0.0672. The first-order valence-corrected chi connectivity index (χ1v) is 8.40. The highest BCUT2D eigenvalue weighted by molar-refractivity contribution is 7.83. The van der Waals surface area contributed by atoms with E-state index in [0.717, 1.165) is 0 Å². The molecule has 0 aromatic rings. The summed E-state index contributed by atoms with van der Waals surface area (Å²) in [6, 6.07) is 0. The van der Waals surface area contributed by atoms with Crippen LogP contribution in [0.3, 0.4) is 0 Å². The molecule has 2 aliphatic heterocycles. The van der Waals surface area contributed by atoms with Crippen LogP contribution in [0.4, 0.5) is 0 Å². The first-order valence-electron chi connectivity index (χ1n) is 7.33. The van der Waals surface area contributed by atoms with Crippen molar-refractivity contribution in [2.24, 2.45) is 8.80 Å². The monoisotopic (exact) mass is 332 g/mol. The van der Waals surface area contributed by atoms with E-state index in [2.05, 4.69) is 14.1 Å². The van der Waals surface area contributed by atoms with Crippen LogP contribution >= 0.6 is 0 Å². The van der Waals surface area contributed by atoms with E-state index in [-0.39, 0.29) is 18.0 Å². The molecule has 2 N–H and O–H groups in total. The summed E-state index contributed by atoms with van der Waals surface area (Å²) in [4.78, 5) is 1.94. The number of hydrogen-bond acceptors (Lipinski definition) is 6. The van der Waals surface area contributed by atoms with Crippen molar-refractivity contribution < 1.29 is 18.8 Å². The quantitative estimate of drug-likeness (QED) is 0.719. The Kier molecular flexibility index (Phi) is 5.90. The van der Waals surface area contributed by atoms with Gasteiger partial charge in [0.1, 0.15) is 12.7 Å². The average Bonchev–Trinajstić information content (AvgIpc) is 2.84. The molecule has 0 aromatic carbocycles. The van der Waals surface area contributed by atoms with E-state index in [4.69, 9.17) is 9.47 Å². The van der Waals surface area contributed by atoms with Crippen LogP contribution in [0.1, 0.15) is 20.8 Å². The van der Waals surface area contributed by atoms with Crippen molar-refractivity contribution in [3.63, 3.8) is 0 Å². The van der Waals surface area contributed by atoms with Crippen LogP contribution in [-0.4, -0.2) is 77.0 Å². The molecule has 1 fully saturated rings. The van der Waals surface area contributed by atoms with Crippen LogP contribution in [0.15, 0.2) is 8.80 Å². The van der Waals surface area contributed by atoms with Crippen LogP contribution < -0.4 is 5.32 Å². The minimum Gasteiger partial charge on any atom is -0.472 e. The Bertz CT molecular complexity index is 469. The zero-order valence-electron chi connectivity index (χ0n) is 13.2. The Morgan fingerprint density at radius 3 is 2.73 bits per heavy atom. The van der Waals surface area contributed by atoms with Crippen molar-refractivity contribution in [2.45, 2.75) is 32.4 Å². The molecule has 0 aliphatic carbocycles. The predicted molar refractivity (Wildman–Crippen MR) is 85.1 cm³/mol. The maximum Gasteiger partial charge on any atom is 0.271 e. The van der Waals surface area contributed by atoms with Gasteiger partial charge in [0.2, 0.25) is 5.84 Å². The number of aliphatic hydroxyl groups is 1. The average molecular weight is 332 g/mol. The number of nitrogens with zero attached hydrogens (tertiary/aromatic N) is 3. The Morgan fingerprint density at radius 1 is 1.41 bits per heavy atom.